The second kappa shape index (κ2) is 16.8. The van der Waals surface area contributed by atoms with Crippen molar-refractivity contribution >= 4 is 10.1 Å². The fraction of sp³-hybridized carbons (Fsp3) is 0.769. The monoisotopic (exact) mass is 438 g/mol. The third kappa shape index (κ3) is 13.4. The molecule has 0 aromatic heterocycles. The van der Waals surface area contributed by atoms with E-state index in [2.05, 4.69) is 20.8 Å². The highest BCUT2D eigenvalue weighted by molar-refractivity contribution is 7.86. The predicted octanol–water partition coefficient (Wildman–Crippen LogP) is 8.29. The van der Waals surface area contributed by atoms with E-state index < -0.39 is 10.1 Å². The Balaban J connectivity index is 2.08. The predicted molar refractivity (Wildman–Crippen MR) is 128 cm³/mol. The molecule has 0 amide bonds. The molecule has 0 saturated heterocycles. The van der Waals surface area contributed by atoms with Crippen LogP contribution in [0.25, 0.3) is 0 Å². The summed E-state index contributed by atoms with van der Waals surface area (Å²) in [6.07, 6.45) is 18.2. The van der Waals surface area contributed by atoms with Crippen molar-refractivity contribution in [2.45, 2.75) is 128 Å². The quantitative estimate of drug-likeness (QED) is 0.161. The van der Waals surface area contributed by atoms with Crippen molar-refractivity contribution in [3.05, 3.63) is 30.3 Å². The molecule has 30 heavy (non-hydrogen) atoms. The van der Waals surface area contributed by atoms with E-state index in [0.717, 1.165) is 31.6 Å². The van der Waals surface area contributed by atoms with Crippen molar-refractivity contribution in [1.29, 1.82) is 0 Å². The maximum absolute atomic E-state index is 12.4. The van der Waals surface area contributed by atoms with E-state index in [9.17, 15) is 8.42 Å². The lowest BCUT2D eigenvalue weighted by Crippen LogP contribution is -2.18. The largest absolute Gasteiger partial charge is 0.297 e. The Labute approximate surface area is 187 Å². The van der Waals surface area contributed by atoms with Crippen molar-refractivity contribution in [3.63, 3.8) is 0 Å². The first-order chi connectivity index (χ1) is 14.5. The number of hydrogen-bond acceptors (Lipinski definition) is 3. The zero-order valence-electron chi connectivity index (χ0n) is 19.8. The van der Waals surface area contributed by atoms with Gasteiger partial charge < -0.3 is 0 Å². The Bertz CT molecular complexity index is 610. The molecule has 0 aliphatic heterocycles. The number of rotatable bonds is 19. The van der Waals surface area contributed by atoms with Gasteiger partial charge >= 0.3 is 0 Å². The molecule has 3 nitrogen and oxygen atoms in total. The molecule has 0 heterocycles. The first-order valence-electron chi connectivity index (χ1n) is 12.4. The number of unbranched alkanes of at least 4 members (excludes halogenated alkanes) is 10. The number of benzene rings is 1. The molecule has 1 unspecified atom stereocenters. The van der Waals surface area contributed by atoms with Crippen molar-refractivity contribution in [2.75, 3.05) is 0 Å². The molecule has 0 saturated carbocycles. The third-order valence-corrected chi connectivity index (χ3v) is 7.09. The lowest BCUT2D eigenvalue weighted by Gasteiger charge is -2.17. The van der Waals surface area contributed by atoms with Gasteiger partial charge in [-0.15, -0.1) is 0 Å². The second-order valence-electron chi connectivity index (χ2n) is 9.13. The summed E-state index contributed by atoms with van der Waals surface area (Å²) in [6, 6.07) is 8.49. The van der Waals surface area contributed by atoms with Crippen LogP contribution in [0.3, 0.4) is 0 Å². The normalized spacial score (nSPS) is 13.1. The Morgan fingerprint density at radius 2 is 1.17 bits per heavy atom. The maximum Gasteiger partial charge on any atom is 0.297 e. The smallest absolute Gasteiger partial charge is 0.263 e. The van der Waals surface area contributed by atoms with Gasteiger partial charge in [-0.1, -0.05) is 122 Å². The summed E-state index contributed by atoms with van der Waals surface area (Å²) in [4.78, 5) is 0.256. The Morgan fingerprint density at radius 3 is 1.63 bits per heavy atom. The molecular formula is C26H46O3S. The van der Waals surface area contributed by atoms with Gasteiger partial charge in [-0.2, -0.15) is 8.42 Å². The topological polar surface area (TPSA) is 43.4 Å². The summed E-state index contributed by atoms with van der Waals surface area (Å²) in [6.45, 7) is 6.70. The molecule has 0 fully saturated rings. The SMILES string of the molecule is CCCC(CCCCCCCCCCCCCC(C)C)OS(=O)(=O)c1ccccc1. The molecule has 1 aromatic rings. The van der Waals surface area contributed by atoms with E-state index in [1.807, 2.05) is 6.07 Å². The van der Waals surface area contributed by atoms with Crippen LogP contribution in [0.2, 0.25) is 0 Å². The zero-order chi connectivity index (χ0) is 22.1. The fourth-order valence-corrected chi connectivity index (χ4v) is 5.05. The van der Waals surface area contributed by atoms with E-state index in [4.69, 9.17) is 4.18 Å². The lowest BCUT2D eigenvalue weighted by atomic mass is 10.0. The summed E-state index contributed by atoms with van der Waals surface area (Å²) in [5, 5.41) is 0. The molecule has 0 N–H and O–H groups in total. The average molecular weight is 439 g/mol. The van der Waals surface area contributed by atoms with E-state index in [0.29, 0.717) is 0 Å². The Morgan fingerprint density at radius 1 is 0.700 bits per heavy atom. The Kier molecular flexibility index (Phi) is 15.2. The molecule has 0 radical (unpaired) electrons. The van der Waals surface area contributed by atoms with E-state index >= 15 is 0 Å². The van der Waals surface area contributed by atoms with Crippen molar-refractivity contribution in [2.24, 2.45) is 5.92 Å². The van der Waals surface area contributed by atoms with Crippen LogP contribution in [0.4, 0.5) is 0 Å². The summed E-state index contributed by atoms with van der Waals surface area (Å²) in [5.41, 5.74) is 0. The summed E-state index contributed by atoms with van der Waals surface area (Å²) < 4.78 is 30.4. The first-order valence-corrected chi connectivity index (χ1v) is 13.8. The van der Waals surface area contributed by atoms with Gasteiger partial charge in [-0.3, -0.25) is 4.18 Å². The van der Waals surface area contributed by atoms with Gasteiger partial charge in [0.1, 0.15) is 0 Å². The minimum atomic E-state index is -3.65. The van der Waals surface area contributed by atoms with Gasteiger partial charge in [0.25, 0.3) is 10.1 Å². The van der Waals surface area contributed by atoms with Gasteiger partial charge in [0.05, 0.1) is 11.0 Å². The van der Waals surface area contributed by atoms with Crippen LogP contribution in [0.1, 0.15) is 117 Å². The molecule has 0 aliphatic carbocycles. The first kappa shape index (κ1) is 27.2. The van der Waals surface area contributed by atoms with Crippen LogP contribution in [0.15, 0.2) is 35.2 Å². The summed E-state index contributed by atoms with van der Waals surface area (Å²) in [5.74, 6) is 0.849. The van der Waals surface area contributed by atoms with Crippen LogP contribution < -0.4 is 0 Å². The zero-order valence-corrected chi connectivity index (χ0v) is 20.6. The van der Waals surface area contributed by atoms with Crippen molar-refractivity contribution in [1.82, 2.24) is 0 Å². The van der Waals surface area contributed by atoms with Gasteiger partial charge in [0.2, 0.25) is 0 Å². The summed E-state index contributed by atoms with van der Waals surface area (Å²) >= 11 is 0. The number of hydrogen-bond donors (Lipinski definition) is 0. The fourth-order valence-electron chi connectivity index (χ4n) is 3.90. The molecule has 0 spiro atoms. The van der Waals surface area contributed by atoms with Crippen LogP contribution in [-0.4, -0.2) is 14.5 Å². The van der Waals surface area contributed by atoms with E-state index in [1.165, 1.54) is 70.6 Å². The molecule has 1 atom stereocenters. The molecule has 4 heteroatoms. The van der Waals surface area contributed by atoms with Crippen LogP contribution in [0, 0.1) is 5.92 Å². The molecule has 1 aromatic carbocycles. The highest BCUT2D eigenvalue weighted by Gasteiger charge is 2.20. The molecule has 174 valence electrons. The lowest BCUT2D eigenvalue weighted by molar-refractivity contribution is 0.183. The van der Waals surface area contributed by atoms with Crippen LogP contribution in [-0.2, 0) is 14.3 Å². The van der Waals surface area contributed by atoms with E-state index in [1.54, 1.807) is 24.3 Å². The molecule has 0 aliphatic rings. The minimum Gasteiger partial charge on any atom is -0.263 e. The molecule has 0 bridgehead atoms. The third-order valence-electron chi connectivity index (χ3n) is 5.71. The Hall–Kier alpha value is -0.870. The van der Waals surface area contributed by atoms with Gasteiger partial charge in [-0.05, 0) is 30.9 Å². The van der Waals surface area contributed by atoms with Gasteiger partial charge in [-0.25, -0.2) is 0 Å². The van der Waals surface area contributed by atoms with Gasteiger partial charge in [0.15, 0.2) is 0 Å². The van der Waals surface area contributed by atoms with Crippen molar-refractivity contribution in [3.8, 4) is 0 Å². The average Bonchev–Trinajstić information content (AvgIpc) is 2.71. The molecule has 1 rings (SSSR count). The highest BCUT2D eigenvalue weighted by Crippen LogP contribution is 2.20. The molecular weight excluding hydrogens is 392 g/mol. The van der Waals surface area contributed by atoms with Gasteiger partial charge in [0, 0.05) is 0 Å². The van der Waals surface area contributed by atoms with Crippen LogP contribution >= 0.6 is 0 Å². The minimum absolute atomic E-state index is 0.198. The maximum atomic E-state index is 12.4. The van der Waals surface area contributed by atoms with Crippen LogP contribution in [0.5, 0.6) is 0 Å². The highest BCUT2D eigenvalue weighted by atomic mass is 32.2. The second-order valence-corrected chi connectivity index (χ2v) is 10.7. The summed E-state index contributed by atoms with van der Waals surface area (Å²) in [7, 11) is -3.65. The standard InChI is InChI=1S/C26H46O3S/c1-4-19-25(29-30(27,28)26-22-17-14-18-23-26)21-16-13-11-9-7-5-6-8-10-12-15-20-24(2)3/h14,17-18,22-25H,4-13,15-16,19-21H2,1-3H3. The van der Waals surface area contributed by atoms with Crippen molar-refractivity contribution < 1.29 is 12.6 Å². The van der Waals surface area contributed by atoms with E-state index in [-0.39, 0.29) is 11.0 Å².